The Kier molecular flexibility index (Phi) is 18.1. The number of ether oxygens (including phenoxy) is 2. The molecule has 1 unspecified atom stereocenters. The van der Waals surface area contributed by atoms with Crippen molar-refractivity contribution in [3.8, 4) is 0 Å². The predicted molar refractivity (Wildman–Crippen MR) is 114 cm³/mol. The Morgan fingerprint density at radius 3 is 2.03 bits per heavy atom. The van der Waals surface area contributed by atoms with Gasteiger partial charge in [0.05, 0.1) is 13.2 Å². The molecule has 0 radical (unpaired) electrons. The molecule has 2 atom stereocenters. The molecule has 0 heterocycles. The third-order valence-electron chi connectivity index (χ3n) is 4.24. The van der Waals surface area contributed by atoms with E-state index in [0.29, 0.717) is 6.42 Å². The summed E-state index contributed by atoms with van der Waals surface area (Å²) in [5.41, 5.74) is 5.23. The molecule has 178 valence electrons. The van der Waals surface area contributed by atoms with Gasteiger partial charge in [-0.15, -0.1) is 0 Å². The number of unbranched alkanes of at least 4 members (excludes halogenated alkanes) is 7. The van der Waals surface area contributed by atoms with Gasteiger partial charge in [0.2, 0.25) is 0 Å². The van der Waals surface area contributed by atoms with Crippen LogP contribution in [-0.4, -0.2) is 49.3 Å². The third kappa shape index (κ3) is 17.8. The molecule has 0 aliphatic heterocycles. The lowest BCUT2D eigenvalue weighted by molar-refractivity contribution is -0.161. The van der Waals surface area contributed by atoms with Gasteiger partial charge in [0.15, 0.2) is 6.10 Å². The topological polar surface area (TPSA) is 134 Å². The molecular weight excluding hydrogens is 413 g/mol. The fourth-order valence-electron chi connectivity index (χ4n) is 2.57. The molecule has 0 rings (SSSR count). The molecular formula is C20H40NO8P. The predicted octanol–water partition coefficient (Wildman–Crippen LogP) is 3.86. The number of carbonyl (C=O) groups is 2. The Morgan fingerprint density at radius 1 is 0.867 bits per heavy atom. The maximum atomic E-state index is 12.0. The lowest BCUT2D eigenvalue weighted by Gasteiger charge is -2.19. The normalized spacial score (nSPS) is 14.1. The molecule has 0 bridgehead atoms. The number of nitrogens with two attached hydrogens (primary N) is 1. The van der Waals surface area contributed by atoms with Crippen molar-refractivity contribution in [1.29, 1.82) is 0 Å². The average Bonchev–Trinajstić information content (AvgIpc) is 2.71. The van der Waals surface area contributed by atoms with Crippen LogP contribution in [0.1, 0.15) is 84.5 Å². The highest BCUT2D eigenvalue weighted by atomic mass is 31.2. The second-order valence-electron chi connectivity index (χ2n) is 7.16. The number of carbonyl (C=O) groups excluding carboxylic acids is 2. The molecule has 0 aliphatic rings. The highest BCUT2D eigenvalue weighted by molar-refractivity contribution is 7.47. The first-order valence-electron chi connectivity index (χ1n) is 11.0. The fourth-order valence-corrected chi connectivity index (χ4v) is 3.34. The van der Waals surface area contributed by atoms with Crippen LogP contribution in [0.5, 0.6) is 0 Å². The van der Waals surface area contributed by atoms with E-state index < -0.39 is 32.5 Å². The lowest BCUT2D eigenvalue weighted by atomic mass is 10.1. The van der Waals surface area contributed by atoms with Crippen LogP contribution in [0.25, 0.3) is 0 Å². The van der Waals surface area contributed by atoms with Gasteiger partial charge in [-0.25, -0.2) is 4.57 Å². The van der Waals surface area contributed by atoms with E-state index in [-0.39, 0.29) is 32.6 Å². The minimum atomic E-state index is -4.32. The van der Waals surface area contributed by atoms with E-state index in [1.807, 2.05) is 0 Å². The number of rotatable bonds is 20. The molecule has 0 aromatic rings. The number of hydrogen-bond donors (Lipinski definition) is 2. The number of phosphoric ester groups is 1. The molecule has 3 N–H and O–H groups in total. The summed E-state index contributed by atoms with van der Waals surface area (Å²) in [4.78, 5) is 33.5. The maximum Gasteiger partial charge on any atom is 0.472 e. The van der Waals surface area contributed by atoms with Gasteiger partial charge in [-0.2, -0.15) is 0 Å². The summed E-state index contributed by atoms with van der Waals surface area (Å²) in [5.74, 6) is -0.868. The van der Waals surface area contributed by atoms with Crippen molar-refractivity contribution in [2.75, 3.05) is 26.4 Å². The molecule has 30 heavy (non-hydrogen) atoms. The zero-order valence-electron chi connectivity index (χ0n) is 18.5. The van der Waals surface area contributed by atoms with Crippen molar-refractivity contribution >= 4 is 19.8 Å². The first-order valence-corrected chi connectivity index (χ1v) is 12.5. The first-order chi connectivity index (χ1) is 14.3. The van der Waals surface area contributed by atoms with Crippen molar-refractivity contribution < 1.29 is 37.6 Å². The monoisotopic (exact) mass is 453 g/mol. The van der Waals surface area contributed by atoms with Gasteiger partial charge in [-0.1, -0.05) is 58.8 Å². The van der Waals surface area contributed by atoms with E-state index in [2.05, 4.69) is 18.4 Å². The van der Waals surface area contributed by atoms with E-state index in [1.165, 1.54) is 0 Å². The molecule has 0 fully saturated rings. The third-order valence-corrected chi connectivity index (χ3v) is 5.23. The summed E-state index contributed by atoms with van der Waals surface area (Å²) in [7, 11) is -4.32. The molecule has 0 aliphatic carbocycles. The number of esters is 2. The Morgan fingerprint density at radius 2 is 1.43 bits per heavy atom. The molecule has 0 aromatic carbocycles. The van der Waals surface area contributed by atoms with Gasteiger partial charge in [-0.3, -0.25) is 18.6 Å². The summed E-state index contributed by atoms with van der Waals surface area (Å²) in [6, 6.07) is 0. The zero-order chi connectivity index (χ0) is 22.7. The largest absolute Gasteiger partial charge is 0.472 e. The van der Waals surface area contributed by atoms with Crippen LogP contribution < -0.4 is 5.73 Å². The van der Waals surface area contributed by atoms with E-state index in [0.717, 1.165) is 51.4 Å². The molecule has 0 spiro atoms. The SMILES string of the molecule is CCCCCCCC(=O)OC[C@H](COP(=O)(O)OCCN)OC(=O)CCCCCC. The van der Waals surface area contributed by atoms with Crippen LogP contribution >= 0.6 is 7.82 Å². The Hall–Kier alpha value is -0.990. The van der Waals surface area contributed by atoms with Gasteiger partial charge in [0, 0.05) is 19.4 Å². The second-order valence-corrected chi connectivity index (χ2v) is 8.61. The number of phosphoric acid groups is 1. The second kappa shape index (κ2) is 18.8. The summed E-state index contributed by atoms with van der Waals surface area (Å²) in [6.07, 6.45) is 8.22. The molecule has 9 nitrogen and oxygen atoms in total. The van der Waals surface area contributed by atoms with Crippen molar-refractivity contribution in [2.24, 2.45) is 5.73 Å². The van der Waals surface area contributed by atoms with E-state index >= 15 is 0 Å². The average molecular weight is 454 g/mol. The quantitative estimate of drug-likeness (QED) is 0.160. The minimum Gasteiger partial charge on any atom is -0.462 e. The van der Waals surface area contributed by atoms with Gasteiger partial charge >= 0.3 is 19.8 Å². The van der Waals surface area contributed by atoms with Crippen molar-refractivity contribution in [3.05, 3.63) is 0 Å². The Balaban J connectivity index is 4.49. The van der Waals surface area contributed by atoms with Crippen LogP contribution in [0, 0.1) is 0 Å². The minimum absolute atomic E-state index is 0.0555. The smallest absolute Gasteiger partial charge is 0.462 e. The van der Waals surface area contributed by atoms with Crippen LogP contribution in [0.2, 0.25) is 0 Å². The van der Waals surface area contributed by atoms with Crippen LogP contribution in [0.15, 0.2) is 0 Å². The van der Waals surface area contributed by atoms with Crippen LogP contribution in [-0.2, 0) is 32.7 Å². The van der Waals surface area contributed by atoms with Crippen molar-refractivity contribution in [2.45, 2.75) is 90.6 Å². The van der Waals surface area contributed by atoms with Crippen molar-refractivity contribution in [1.82, 2.24) is 0 Å². The van der Waals surface area contributed by atoms with Crippen molar-refractivity contribution in [3.63, 3.8) is 0 Å². The van der Waals surface area contributed by atoms with E-state index in [1.54, 1.807) is 0 Å². The molecule has 10 heteroatoms. The first kappa shape index (κ1) is 29.0. The zero-order valence-corrected chi connectivity index (χ0v) is 19.4. The van der Waals surface area contributed by atoms with Gasteiger partial charge < -0.3 is 20.1 Å². The molecule has 0 amide bonds. The molecule has 0 saturated heterocycles. The highest BCUT2D eigenvalue weighted by Crippen LogP contribution is 2.43. The molecule has 0 saturated carbocycles. The lowest BCUT2D eigenvalue weighted by Crippen LogP contribution is -2.29. The molecule has 0 aromatic heterocycles. The standard InChI is InChI=1S/C20H40NO8P/c1-3-5-7-9-11-12-19(22)26-16-18(17-28-30(24,25)27-15-14-21)29-20(23)13-10-8-6-4-2/h18H,3-17,21H2,1-2H3,(H,24,25)/t18-/m1/s1. The summed E-state index contributed by atoms with van der Waals surface area (Å²) in [5, 5.41) is 0. The van der Waals surface area contributed by atoms with E-state index in [9.17, 15) is 19.0 Å². The summed E-state index contributed by atoms with van der Waals surface area (Å²) >= 11 is 0. The van der Waals surface area contributed by atoms with E-state index in [4.69, 9.17) is 19.7 Å². The highest BCUT2D eigenvalue weighted by Gasteiger charge is 2.25. The van der Waals surface area contributed by atoms with Crippen LogP contribution in [0.4, 0.5) is 0 Å². The fraction of sp³-hybridized carbons (Fsp3) is 0.900. The summed E-state index contributed by atoms with van der Waals surface area (Å²) < 4.78 is 31.8. The van der Waals surface area contributed by atoms with Gasteiger partial charge in [0.25, 0.3) is 0 Å². The Labute approximate surface area is 180 Å². The summed E-state index contributed by atoms with van der Waals surface area (Å²) in [6.45, 7) is 3.43. The van der Waals surface area contributed by atoms with Crippen LogP contribution in [0.3, 0.4) is 0 Å². The number of hydrogen-bond acceptors (Lipinski definition) is 8. The van der Waals surface area contributed by atoms with Gasteiger partial charge in [0.1, 0.15) is 6.61 Å². The maximum absolute atomic E-state index is 12.0. The Bertz CT molecular complexity index is 503. The van der Waals surface area contributed by atoms with Gasteiger partial charge in [-0.05, 0) is 12.8 Å².